The van der Waals surface area contributed by atoms with Gasteiger partial charge in [-0.05, 0) is 91.2 Å². The molecule has 0 aromatic heterocycles. The van der Waals surface area contributed by atoms with Gasteiger partial charge in [0.1, 0.15) is 5.84 Å². The minimum absolute atomic E-state index is 0.0765. The van der Waals surface area contributed by atoms with Crippen molar-refractivity contribution in [3.63, 3.8) is 0 Å². The lowest BCUT2D eigenvalue weighted by Crippen LogP contribution is -2.31. The molecule has 1 heterocycles. The lowest BCUT2D eigenvalue weighted by Gasteiger charge is -2.38. The molecule has 1 amide bonds. The number of thioether (sulfide) groups is 1. The first-order chi connectivity index (χ1) is 15.9. The van der Waals surface area contributed by atoms with Crippen molar-refractivity contribution in [2.45, 2.75) is 51.4 Å². The van der Waals surface area contributed by atoms with Gasteiger partial charge in [0.2, 0.25) is 0 Å². The van der Waals surface area contributed by atoms with Crippen LogP contribution in [-0.4, -0.2) is 18.1 Å². The normalized spacial score (nSPS) is 30.8. The maximum Gasteiger partial charge on any atom is 0.416 e. The molecule has 1 N–H and O–H groups in total. The predicted molar refractivity (Wildman–Crippen MR) is 119 cm³/mol. The van der Waals surface area contributed by atoms with Crippen LogP contribution in [0.4, 0.5) is 31.1 Å². The largest absolute Gasteiger partial charge is 0.416 e. The molecule has 2 unspecified atom stereocenters. The van der Waals surface area contributed by atoms with Gasteiger partial charge in [-0.15, -0.1) is 0 Å². The van der Waals surface area contributed by atoms with E-state index < -0.39 is 23.5 Å². The van der Waals surface area contributed by atoms with E-state index in [2.05, 4.69) is 16.4 Å². The van der Waals surface area contributed by atoms with E-state index >= 15 is 0 Å². The second kappa shape index (κ2) is 9.24. The number of amidine groups is 1. The average molecular weight is 505 g/mol. The number of fused-ring (bicyclic) bond motifs is 2. The molecule has 3 nitrogen and oxygen atoms in total. The molecular formula is C24H26F6N2OS. The number of hydrogen-bond acceptors (Lipinski definition) is 3. The van der Waals surface area contributed by atoms with Crippen LogP contribution in [-0.2, 0) is 18.8 Å². The number of alkyl halides is 6. The maximum atomic E-state index is 13.6. The molecule has 1 saturated heterocycles. The first-order valence-corrected chi connectivity index (χ1v) is 12.1. The van der Waals surface area contributed by atoms with Crippen molar-refractivity contribution in [2.24, 2.45) is 34.6 Å². The van der Waals surface area contributed by atoms with E-state index in [9.17, 15) is 31.1 Å². The van der Waals surface area contributed by atoms with Crippen LogP contribution < -0.4 is 5.32 Å². The number of rotatable bonds is 4. The minimum atomic E-state index is -4.85. The average Bonchev–Trinajstić information content (AvgIpc) is 3.22. The van der Waals surface area contributed by atoms with E-state index in [1.165, 1.54) is 0 Å². The molecule has 3 aliphatic rings. The Morgan fingerprint density at radius 3 is 2.32 bits per heavy atom. The van der Waals surface area contributed by atoms with Gasteiger partial charge >= 0.3 is 12.4 Å². The fourth-order valence-electron chi connectivity index (χ4n) is 6.19. The number of carbonyl (C=O) groups is 1. The molecule has 34 heavy (non-hydrogen) atoms. The highest BCUT2D eigenvalue weighted by atomic mass is 32.2. The third kappa shape index (κ3) is 5.16. The van der Waals surface area contributed by atoms with E-state index in [-0.39, 0.29) is 41.0 Å². The number of benzene rings is 1. The molecule has 1 aliphatic heterocycles. The van der Waals surface area contributed by atoms with E-state index in [1.807, 2.05) is 6.92 Å². The number of nitrogens with zero attached hydrogens (tertiary/aromatic N) is 1. The maximum absolute atomic E-state index is 13.6. The van der Waals surface area contributed by atoms with Crippen molar-refractivity contribution in [3.8, 4) is 0 Å². The van der Waals surface area contributed by atoms with E-state index in [1.54, 1.807) is 7.05 Å². The molecule has 0 spiro atoms. The molecule has 3 atom stereocenters. The summed E-state index contributed by atoms with van der Waals surface area (Å²) >= 11 is 1.12. The van der Waals surface area contributed by atoms with Crippen molar-refractivity contribution in [1.29, 1.82) is 0 Å². The number of carbonyl (C=O) groups excluding carboxylic acids is 1. The van der Waals surface area contributed by atoms with Gasteiger partial charge in [0.15, 0.2) is 0 Å². The van der Waals surface area contributed by atoms with Crippen LogP contribution in [0.25, 0.3) is 0 Å². The Morgan fingerprint density at radius 1 is 1.12 bits per heavy atom. The Kier molecular flexibility index (Phi) is 6.83. The zero-order valence-corrected chi connectivity index (χ0v) is 19.6. The summed E-state index contributed by atoms with van der Waals surface area (Å²) in [4.78, 5) is 16.6. The molecule has 2 bridgehead atoms. The van der Waals surface area contributed by atoms with Crippen LogP contribution >= 0.6 is 11.8 Å². The first kappa shape index (κ1) is 25.1. The lowest BCUT2D eigenvalue weighted by molar-refractivity contribution is -0.143. The molecule has 4 rings (SSSR count). The SMILES string of the molecule is CN=C1NC(=O)S/C1=C\C1CC2CCC(C1)C2[C@@H](C)Cc1ccc(C(F)(F)F)cc1C(F)(F)F. The molecule has 3 fully saturated rings. The summed E-state index contributed by atoms with van der Waals surface area (Å²) in [6.45, 7) is 1.92. The first-order valence-electron chi connectivity index (χ1n) is 11.3. The molecule has 2 aliphatic carbocycles. The van der Waals surface area contributed by atoms with Gasteiger partial charge < -0.3 is 5.32 Å². The smallest absolute Gasteiger partial charge is 0.300 e. The summed E-state index contributed by atoms with van der Waals surface area (Å²) in [5.74, 6) is 1.67. The third-order valence-electron chi connectivity index (χ3n) is 7.42. The van der Waals surface area contributed by atoms with Gasteiger partial charge in [0.05, 0.1) is 16.0 Å². The third-order valence-corrected chi connectivity index (χ3v) is 8.25. The number of amides is 1. The Balaban J connectivity index is 1.50. The highest BCUT2D eigenvalue weighted by Crippen LogP contribution is 2.53. The van der Waals surface area contributed by atoms with Crippen LogP contribution in [0.2, 0.25) is 0 Å². The molecular weight excluding hydrogens is 478 g/mol. The Hall–Kier alpha value is -1.97. The van der Waals surface area contributed by atoms with Gasteiger partial charge in [-0.25, -0.2) is 0 Å². The van der Waals surface area contributed by atoms with Gasteiger partial charge in [0, 0.05) is 7.05 Å². The molecule has 10 heteroatoms. The van der Waals surface area contributed by atoms with E-state index in [0.717, 1.165) is 54.5 Å². The van der Waals surface area contributed by atoms with Crippen molar-refractivity contribution >= 4 is 22.8 Å². The topological polar surface area (TPSA) is 41.5 Å². The number of allylic oxidation sites excluding steroid dienone is 1. The Morgan fingerprint density at radius 2 is 1.76 bits per heavy atom. The van der Waals surface area contributed by atoms with Crippen LogP contribution in [0.3, 0.4) is 0 Å². The number of halogens is 6. The second-order valence-electron chi connectivity index (χ2n) is 9.57. The highest BCUT2D eigenvalue weighted by molar-refractivity contribution is 8.18. The van der Waals surface area contributed by atoms with Crippen LogP contribution in [0, 0.1) is 29.6 Å². The molecule has 1 aromatic rings. The summed E-state index contributed by atoms with van der Waals surface area (Å²) in [6.07, 6.45) is -3.71. The van der Waals surface area contributed by atoms with Crippen molar-refractivity contribution in [3.05, 3.63) is 45.9 Å². The molecule has 2 saturated carbocycles. The quantitative estimate of drug-likeness (QED) is 0.437. The van der Waals surface area contributed by atoms with Crippen LogP contribution in [0.5, 0.6) is 0 Å². The molecule has 186 valence electrons. The monoisotopic (exact) mass is 504 g/mol. The fourth-order valence-corrected chi connectivity index (χ4v) is 7.04. The van der Waals surface area contributed by atoms with Crippen LogP contribution in [0.1, 0.15) is 49.3 Å². The standard InChI is InChI=1S/C24H26F6N2OS/c1-12(7-14-5-6-17(23(25,26)27)11-18(14)24(28,29)30)20-15-3-4-16(20)9-13(8-15)10-19-21(31-2)32-22(33)34-19/h5-6,10-13,15-16,20H,3-4,7-9H2,1-2H3,(H,31,32,33)/b19-10-/t12-,13?,15?,16?,20?/m0/s1. The Bertz CT molecular complexity index is 1000. The van der Waals surface area contributed by atoms with Crippen molar-refractivity contribution in [1.82, 2.24) is 5.32 Å². The summed E-state index contributed by atoms with van der Waals surface area (Å²) in [5.41, 5.74) is -2.55. The van der Waals surface area contributed by atoms with Gasteiger partial charge in [-0.3, -0.25) is 9.79 Å². The second-order valence-corrected chi connectivity index (χ2v) is 10.6. The summed E-state index contributed by atoms with van der Waals surface area (Å²) in [6, 6.07) is 1.98. The Labute approximate surface area is 198 Å². The van der Waals surface area contributed by atoms with Crippen LogP contribution in [0.15, 0.2) is 34.2 Å². The molecule has 1 aromatic carbocycles. The molecule has 0 radical (unpaired) electrons. The summed E-state index contributed by atoms with van der Waals surface area (Å²) < 4.78 is 79.8. The van der Waals surface area contributed by atoms with Gasteiger partial charge in [-0.2, -0.15) is 26.3 Å². The van der Waals surface area contributed by atoms with E-state index in [4.69, 9.17) is 0 Å². The zero-order valence-electron chi connectivity index (χ0n) is 18.8. The number of aliphatic imine (C=N–C) groups is 1. The summed E-state index contributed by atoms with van der Waals surface area (Å²) in [7, 11) is 1.62. The predicted octanol–water partition coefficient (Wildman–Crippen LogP) is 7.32. The fraction of sp³-hybridized carbons (Fsp3) is 0.583. The van der Waals surface area contributed by atoms with Gasteiger partial charge in [0.25, 0.3) is 5.24 Å². The van der Waals surface area contributed by atoms with E-state index in [0.29, 0.717) is 17.7 Å². The lowest BCUT2D eigenvalue weighted by atomic mass is 9.67. The number of hydrogen-bond donors (Lipinski definition) is 1. The highest BCUT2D eigenvalue weighted by Gasteiger charge is 2.45. The zero-order chi connectivity index (χ0) is 24.8. The minimum Gasteiger partial charge on any atom is -0.300 e. The van der Waals surface area contributed by atoms with Gasteiger partial charge in [-0.1, -0.05) is 19.1 Å². The van der Waals surface area contributed by atoms with Crippen molar-refractivity contribution < 1.29 is 31.1 Å². The number of nitrogens with one attached hydrogen (secondary N) is 1. The summed E-state index contributed by atoms with van der Waals surface area (Å²) in [5, 5.41) is 2.55. The van der Waals surface area contributed by atoms with Crippen molar-refractivity contribution in [2.75, 3.05) is 7.05 Å².